The molecule has 2 fully saturated rings. The summed E-state index contributed by atoms with van der Waals surface area (Å²) in [5, 5.41) is 4.24. The van der Waals surface area contributed by atoms with Crippen LogP contribution >= 0.6 is 0 Å². The van der Waals surface area contributed by atoms with Crippen LogP contribution in [0.15, 0.2) is 41.5 Å². The number of amides is 1. The standard InChI is InChI=1S/C17H21N3O4/c21-16(14-3-8-22-11-14)19-7-9-23-13-17(12-19)4-2-15(24-17)10-20-6-1-5-18-20/h1,3,5-6,8,11,15H,2,4,7,9-10,12-13H2/t15-,17+/m0/s1. The molecule has 2 aromatic rings. The minimum Gasteiger partial charge on any atom is -0.472 e. The first-order valence-corrected chi connectivity index (χ1v) is 8.29. The van der Waals surface area contributed by atoms with Crippen LogP contribution in [0.2, 0.25) is 0 Å². The van der Waals surface area contributed by atoms with Crippen molar-refractivity contribution in [2.45, 2.75) is 31.1 Å². The van der Waals surface area contributed by atoms with E-state index in [1.807, 2.05) is 21.8 Å². The van der Waals surface area contributed by atoms with Crippen LogP contribution in [0.5, 0.6) is 0 Å². The fourth-order valence-electron chi connectivity index (χ4n) is 3.51. The molecule has 2 aromatic heterocycles. The summed E-state index contributed by atoms with van der Waals surface area (Å²) in [5.74, 6) is -0.0345. The van der Waals surface area contributed by atoms with Gasteiger partial charge in [0.05, 0.1) is 44.2 Å². The van der Waals surface area contributed by atoms with Crippen LogP contribution in [-0.4, -0.2) is 58.6 Å². The van der Waals surface area contributed by atoms with Gasteiger partial charge in [0.1, 0.15) is 11.9 Å². The first kappa shape index (κ1) is 15.4. The van der Waals surface area contributed by atoms with Gasteiger partial charge >= 0.3 is 0 Å². The largest absolute Gasteiger partial charge is 0.472 e. The molecule has 1 spiro atoms. The Kier molecular flexibility index (Phi) is 4.12. The van der Waals surface area contributed by atoms with Gasteiger partial charge < -0.3 is 18.8 Å². The van der Waals surface area contributed by atoms with Gasteiger partial charge in [0.15, 0.2) is 0 Å². The molecule has 0 N–H and O–H groups in total. The molecular formula is C17H21N3O4. The fourth-order valence-corrected chi connectivity index (χ4v) is 3.51. The number of carbonyl (C=O) groups excluding carboxylic acids is 1. The summed E-state index contributed by atoms with van der Waals surface area (Å²) in [6.45, 7) is 2.90. The Morgan fingerprint density at radius 3 is 3.21 bits per heavy atom. The van der Waals surface area contributed by atoms with Crippen molar-refractivity contribution >= 4 is 5.91 Å². The average molecular weight is 331 g/mol. The minimum absolute atomic E-state index is 0.0345. The lowest BCUT2D eigenvalue weighted by atomic mass is 10.00. The predicted octanol–water partition coefficient (Wildman–Crippen LogP) is 1.57. The molecule has 0 aliphatic carbocycles. The normalized spacial score (nSPS) is 27.5. The third-order valence-electron chi connectivity index (χ3n) is 4.69. The Balaban J connectivity index is 1.45. The van der Waals surface area contributed by atoms with Gasteiger partial charge in [-0.1, -0.05) is 0 Å². The Hall–Kier alpha value is -2.12. The van der Waals surface area contributed by atoms with E-state index >= 15 is 0 Å². The van der Waals surface area contributed by atoms with Gasteiger partial charge in [-0.15, -0.1) is 0 Å². The summed E-state index contributed by atoms with van der Waals surface area (Å²) in [5.41, 5.74) is 0.145. The highest BCUT2D eigenvalue weighted by Crippen LogP contribution is 2.34. The summed E-state index contributed by atoms with van der Waals surface area (Å²) in [6.07, 6.45) is 8.63. The maximum Gasteiger partial charge on any atom is 0.257 e. The van der Waals surface area contributed by atoms with Crippen molar-refractivity contribution in [2.75, 3.05) is 26.3 Å². The van der Waals surface area contributed by atoms with Crippen LogP contribution in [0.4, 0.5) is 0 Å². The third-order valence-corrected chi connectivity index (χ3v) is 4.69. The van der Waals surface area contributed by atoms with Crippen LogP contribution in [-0.2, 0) is 16.0 Å². The van der Waals surface area contributed by atoms with E-state index in [9.17, 15) is 4.79 Å². The molecule has 2 saturated heterocycles. The van der Waals surface area contributed by atoms with Gasteiger partial charge in [0.25, 0.3) is 5.91 Å². The molecule has 0 bridgehead atoms. The third kappa shape index (κ3) is 3.09. The summed E-state index contributed by atoms with van der Waals surface area (Å²) >= 11 is 0. The monoisotopic (exact) mass is 331 g/mol. The molecule has 0 unspecified atom stereocenters. The van der Waals surface area contributed by atoms with Crippen molar-refractivity contribution in [3.8, 4) is 0 Å². The van der Waals surface area contributed by atoms with Crippen molar-refractivity contribution in [2.24, 2.45) is 0 Å². The Labute approximate surface area is 140 Å². The fraction of sp³-hybridized carbons (Fsp3) is 0.529. The van der Waals surface area contributed by atoms with Crippen molar-refractivity contribution in [3.05, 3.63) is 42.6 Å². The molecular weight excluding hydrogens is 310 g/mol. The molecule has 7 nitrogen and oxygen atoms in total. The number of carbonyl (C=O) groups is 1. The van der Waals surface area contributed by atoms with Crippen molar-refractivity contribution in [3.63, 3.8) is 0 Å². The number of hydrogen-bond acceptors (Lipinski definition) is 5. The zero-order valence-corrected chi connectivity index (χ0v) is 13.5. The summed E-state index contributed by atoms with van der Waals surface area (Å²) in [4.78, 5) is 14.4. The van der Waals surface area contributed by atoms with E-state index in [2.05, 4.69) is 5.10 Å². The van der Waals surface area contributed by atoms with E-state index in [0.29, 0.717) is 31.9 Å². The summed E-state index contributed by atoms with van der Waals surface area (Å²) in [6, 6.07) is 3.60. The maximum atomic E-state index is 12.6. The minimum atomic E-state index is -0.423. The highest BCUT2D eigenvalue weighted by atomic mass is 16.6. The molecule has 2 aliphatic rings. The van der Waals surface area contributed by atoms with E-state index in [1.54, 1.807) is 12.3 Å². The first-order chi connectivity index (χ1) is 11.7. The second-order valence-electron chi connectivity index (χ2n) is 6.48. The first-order valence-electron chi connectivity index (χ1n) is 8.29. The number of furan rings is 1. The Morgan fingerprint density at radius 2 is 2.42 bits per heavy atom. The summed E-state index contributed by atoms with van der Waals surface area (Å²) < 4.78 is 19.0. The molecule has 0 radical (unpaired) electrons. The average Bonchev–Trinajstić information content (AvgIpc) is 3.30. The molecule has 128 valence electrons. The lowest BCUT2D eigenvalue weighted by Crippen LogP contribution is -2.46. The van der Waals surface area contributed by atoms with Gasteiger partial charge in [-0.05, 0) is 25.0 Å². The Bertz CT molecular complexity index is 670. The van der Waals surface area contributed by atoms with E-state index in [0.717, 1.165) is 19.4 Å². The summed E-state index contributed by atoms with van der Waals surface area (Å²) in [7, 11) is 0. The molecule has 2 atom stereocenters. The van der Waals surface area contributed by atoms with Crippen LogP contribution in [0, 0.1) is 0 Å². The molecule has 4 rings (SSSR count). The molecule has 2 aliphatic heterocycles. The van der Waals surface area contributed by atoms with Crippen LogP contribution in [0.1, 0.15) is 23.2 Å². The van der Waals surface area contributed by atoms with Crippen molar-refractivity contribution in [1.29, 1.82) is 0 Å². The van der Waals surface area contributed by atoms with Crippen LogP contribution in [0.25, 0.3) is 0 Å². The zero-order valence-electron chi connectivity index (χ0n) is 13.5. The van der Waals surface area contributed by atoms with Crippen molar-refractivity contribution in [1.82, 2.24) is 14.7 Å². The van der Waals surface area contributed by atoms with Gasteiger partial charge in [-0.2, -0.15) is 5.10 Å². The smallest absolute Gasteiger partial charge is 0.257 e. The lowest BCUT2D eigenvalue weighted by molar-refractivity contribution is -0.0881. The van der Waals surface area contributed by atoms with Gasteiger partial charge in [-0.25, -0.2) is 0 Å². The lowest BCUT2D eigenvalue weighted by Gasteiger charge is -2.31. The number of ether oxygens (including phenoxy) is 2. The van der Waals surface area contributed by atoms with E-state index < -0.39 is 5.60 Å². The molecule has 1 amide bonds. The predicted molar refractivity (Wildman–Crippen MR) is 84.5 cm³/mol. The Morgan fingerprint density at radius 1 is 1.46 bits per heavy atom. The van der Waals surface area contributed by atoms with Crippen molar-refractivity contribution < 1.29 is 18.7 Å². The molecule has 7 heteroatoms. The van der Waals surface area contributed by atoms with E-state index in [-0.39, 0.29) is 12.0 Å². The molecule has 0 aromatic carbocycles. The highest BCUT2D eigenvalue weighted by Gasteiger charge is 2.44. The van der Waals surface area contributed by atoms with E-state index in [4.69, 9.17) is 13.9 Å². The quantitative estimate of drug-likeness (QED) is 0.854. The highest BCUT2D eigenvalue weighted by molar-refractivity contribution is 5.93. The SMILES string of the molecule is O=C(c1ccoc1)N1CCOC[C@@]2(CC[C@@H](Cn3cccn3)O2)C1. The number of aromatic nitrogens is 2. The zero-order chi connectivity index (χ0) is 16.4. The second kappa shape index (κ2) is 6.41. The number of nitrogens with zero attached hydrogens (tertiary/aromatic N) is 3. The van der Waals surface area contributed by atoms with E-state index in [1.165, 1.54) is 12.5 Å². The molecule has 4 heterocycles. The topological polar surface area (TPSA) is 69.7 Å². The van der Waals surface area contributed by atoms with Gasteiger partial charge in [0.2, 0.25) is 0 Å². The number of hydrogen-bond donors (Lipinski definition) is 0. The van der Waals surface area contributed by atoms with Crippen LogP contribution in [0.3, 0.4) is 0 Å². The van der Waals surface area contributed by atoms with Gasteiger partial charge in [-0.3, -0.25) is 9.48 Å². The van der Waals surface area contributed by atoms with Crippen LogP contribution < -0.4 is 0 Å². The molecule has 24 heavy (non-hydrogen) atoms. The second-order valence-corrected chi connectivity index (χ2v) is 6.48. The number of rotatable bonds is 3. The molecule has 0 saturated carbocycles. The van der Waals surface area contributed by atoms with Gasteiger partial charge in [0, 0.05) is 18.9 Å². The maximum absolute atomic E-state index is 12.6.